The predicted octanol–water partition coefficient (Wildman–Crippen LogP) is 3.96. The molecule has 1 fully saturated rings. The van der Waals surface area contributed by atoms with Gasteiger partial charge in [0.05, 0.1) is 5.57 Å². The average molecular weight is 424 g/mol. The molecule has 5 nitrogen and oxygen atoms in total. The van der Waals surface area contributed by atoms with Crippen molar-refractivity contribution in [2.24, 2.45) is 0 Å². The third kappa shape index (κ3) is 3.70. The van der Waals surface area contributed by atoms with E-state index in [1.165, 1.54) is 16.2 Å². The Morgan fingerprint density at radius 1 is 0.867 bits per heavy atom. The zero-order valence-corrected chi connectivity index (χ0v) is 18.3. The minimum Gasteiger partial charge on any atom is -0.368 e. The summed E-state index contributed by atoms with van der Waals surface area (Å²) in [6.07, 6.45) is 0. The minimum absolute atomic E-state index is 0.196. The Hall–Kier alpha value is -2.79. The summed E-state index contributed by atoms with van der Waals surface area (Å²) in [5.74, 6) is -0.433. The Morgan fingerprint density at radius 3 is 2.10 bits per heavy atom. The first-order valence-corrected chi connectivity index (χ1v) is 10.7. The van der Waals surface area contributed by atoms with Gasteiger partial charge < -0.3 is 9.80 Å². The van der Waals surface area contributed by atoms with Gasteiger partial charge in [0.2, 0.25) is 0 Å². The van der Waals surface area contributed by atoms with Crippen LogP contribution in [0.2, 0.25) is 5.02 Å². The molecule has 0 atom stereocenters. The summed E-state index contributed by atoms with van der Waals surface area (Å²) in [5.41, 5.74) is 4.15. The maximum Gasteiger partial charge on any atom is 0.278 e. The fourth-order valence-electron chi connectivity index (χ4n) is 4.19. The Morgan fingerprint density at radius 2 is 1.50 bits per heavy atom. The van der Waals surface area contributed by atoms with Crippen LogP contribution >= 0.6 is 11.6 Å². The standard InChI is InChI=1S/C24H26ClN3O2/c1-16(2)28-23(29)21(18-7-9-19(25)10-8-18)22(24(28)30)27-13-11-26(12-14-27)20-6-4-5-17(3)15-20/h4-10,15-16H,11-14H2,1-3H3. The highest BCUT2D eigenvalue weighted by Crippen LogP contribution is 2.34. The molecule has 2 heterocycles. The highest BCUT2D eigenvalue weighted by Gasteiger charge is 2.43. The van der Waals surface area contributed by atoms with Crippen LogP contribution in [0.1, 0.15) is 25.0 Å². The van der Waals surface area contributed by atoms with E-state index in [-0.39, 0.29) is 17.9 Å². The fraction of sp³-hybridized carbons (Fsp3) is 0.333. The van der Waals surface area contributed by atoms with Crippen LogP contribution in [-0.2, 0) is 9.59 Å². The molecule has 0 N–H and O–H groups in total. The number of amides is 2. The third-order valence-corrected chi connectivity index (χ3v) is 5.95. The van der Waals surface area contributed by atoms with Crippen molar-refractivity contribution in [1.29, 1.82) is 0 Å². The molecule has 0 radical (unpaired) electrons. The van der Waals surface area contributed by atoms with Gasteiger partial charge in [0.15, 0.2) is 0 Å². The maximum atomic E-state index is 13.3. The molecule has 0 spiro atoms. The number of hydrogen-bond donors (Lipinski definition) is 0. The Kier molecular flexibility index (Phi) is 5.56. The van der Waals surface area contributed by atoms with E-state index in [2.05, 4.69) is 41.0 Å². The summed E-state index contributed by atoms with van der Waals surface area (Å²) < 4.78 is 0. The molecule has 0 aromatic heterocycles. The summed E-state index contributed by atoms with van der Waals surface area (Å²) in [4.78, 5) is 32.2. The molecule has 2 aromatic rings. The number of rotatable bonds is 4. The lowest BCUT2D eigenvalue weighted by molar-refractivity contribution is -0.139. The number of halogens is 1. The molecule has 0 saturated carbocycles. The number of nitrogens with zero attached hydrogens (tertiary/aromatic N) is 3. The van der Waals surface area contributed by atoms with E-state index in [9.17, 15) is 9.59 Å². The van der Waals surface area contributed by atoms with Crippen molar-refractivity contribution in [2.45, 2.75) is 26.8 Å². The second kappa shape index (κ2) is 8.15. The van der Waals surface area contributed by atoms with Gasteiger partial charge in [-0.05, 0) is 56.2 Å². The second-order valence-corrected chi connectivity index (χ2v) is 8.55. The molecule has 2 amide bonds. The van der Waals surface area contributed by atoms with Crippen LogP contribution < -0.4 is 4.90 Å². The number of aryl methyl sites for hydroxylation is 1. The Bertz CT molecular complexity index is 1010. The molecule has 2 aliphatic heterocycles. The quantitative estimate of drug-likeness (QED) is 0.698. The first kappa shape index (κ1) is 20.5. The smallest absolute Gasteiger partial charge is 0.278 e. The van der Waals surface area contributed by atoms with Crippen LogP contribution in [0, 0.1) is 6.92 Å². The lowest BCUT2D eigenvalue weighted by Gasteiger charge is -2.38. The predicted molar refractivity (Wildman–Crippen MR) is 120 cm³/mol. The van der Waals surface area contributed by atoms with E-state index in [0.29, 0.717) is 29.4 Å². The summed E-state index contributed by atoms with van der Waals surface area (Å²) >= 11 is 6.04. The first-order valence-electron chi connectivity index (χ1n) is 10.3. The van der Waals surface area contributed by atoms with Crippen molar-refractivity contribution >= 4 is 34.7 Å². The van der Waals surface area contributed by atoms with Crippen LogP contribution in [-0.4, -0.2) is 53.8 Å². The van der Waals surface area contributed by atoms with Crippen molar-refractivity contribution in [3.63, 3.8) is 0 Å². The SMILES string of the molecule is Cc1cccc(N2CCN(C3=C(c4ccc(Cl)cc4)C(=O)N(C(C)C)C3=O)CC2)c1. The molecule has 0 aliphatic carbocycles. The monoisotopic (exact) mass is 423 g/mol. The normalized spacial score (nSPS) is 17.6. The van der Waals surface area contributed by atoms with Gasteiger partial charge in [-0.2, -0.15) is 0 Å². The van der Waals surface area contributed by atoms with E-state index in [4.69, 9.17) is 11.6 Å². The van der Waals surface area contributed by atoms with Gasteiger partial charge in [-0.3, -0.25) is 14.5 Å². The molecule has 0 bridgehead atoms. The van der Waals surface area contributed by atoms with Crippen molar-refractivity contribution in [3.8, 4) is 0 Å². The zero-order chi connectivity index (χ0) is 21.4. The second-order valence-electron chi connectivity index (χ2n) is 8.12. The van der Waals surface area contributed by atoms with Gasteiger partial charge in [-0.25, -0.2) is 0 Å². The van der Waals surface area contributed by atoms with Crippen molar-refractivity contribution in [3.05, 3.63) is 70.4 Å². The van der Waals surface area contributed by atoms with E-state index >= 15 is 0 Å². The summed E-state index contributed by atoms with van der Waals surface area (Å²) in [5, 5.41) is 0.602. The van der Waals surface area contributed by atoms with Crippen LogP contribution in [0.5, 0.6) is 0 Å². The molecule has 2 aromatic carbocycles. The summed E-state index contributed by atoms with van der Waals surface area (Å²) in [6.45, 7) is 8.79. The molecular weight excluding hydrogens is 398 g/mol. The average Bonchev–Trinajstić information content (AvgIpc) is 2.99. The van der Waals surface area contributed by atoms with Gasteiger partial charge in [-0.1, -0.05) is 35.9 Å². The molecule has 6 heteroatoms. The van der Waals surface area contributed by atoms with E-state index in [1.54, 1.807) is 12.1 Å². The van der Waals surface area contributed by atoms with Crippen LogP contribution in [0.15, 0.2) is 54.2 Å². The highest BCUT2D eigenvalue weighted by atomic mass is 35.5. The maximum absolute atomic E-state index is 13.3. The van der Waals surface area contributed by atoms with Crippen LogP contribution in [0.3, 0.4) is 0 Å². The molecule has 2 aliphatic rings. The van der Waals surface area contributed by atoms with E-state index in [0.717, 1.165) is 18.7 Å². The molecular formula is C24H26ClN3O2. The zero-order valence-electron chi connectivity index (χ0n) is 17.6. The van der Waals surface area contributed by atoms with Crippen molar-refractivity contribution in [2.75, 3.05) is 31.1 Å². The fourth-order valence-corrected chi connectivity index (χ4v) is 4.31. The number of carbonyl (C=O) groups is 2. The summed E-state index contributed by atoms with van der Waals surface area (Å²) in [6, 6.07) is 15.4. The lowest BCUT2D eigenvalue weighted by atomic mass is 10.0. The number of carbonyl (C=O) groups excluding carboxylic acids is 2. The van der Waals surface area contributed by atoms with E-state index < -0.39 is 0 Å². The third-order valence-electron chi connectivity index (χ3n) is 5.70. The number of anilines is 1. The van der Waals surface area contributed by atoms with Gasteiger partial charge in [-0.15, -0.1) is 0 Å². The van der Waals surface area contributed by atoms with Crippen molar-refractivity contribution in [1.82, 2.24) is 9.80 Å². The number of hydrogen-bond acceptors (Lipinski definition) is 4. The van der Waals surface area contributed by atoms with E-state index in [1.807, 2.05) is 26.0 Å². The topological polar surface area (TPSA) is 43.9 Å². The first-order chi connectivity index (χ1) is 14.4. The van der Waals surface area contributed by atoms with Crippen LogP contribution in [0.25, 0.3) is 5.57 Å². The Balaban J connectivity index is 1.65. The van der Waals surface area contributed by atoms with Gasteiger partial charge in [0.25, 0.3) is 11.8 Å². The molecule has 156 valence electrons. The van der Waals surface area contributed by atoms with Gasteiger partial charge in [0.1, 0.15) is 5.70 Å². The van der Waals surface area contributed by atoms with Crippen LogP contribution in [0.4, 0.5) is 5.69 Å². The lowest BCUT2D eigenvalue weighted by Crippen LogP contribution is -2.48. The van der Waals surface area contributed by atoms with Crippen molar-refractivity contribution < 1.29 is 9.59 Å². The van der Waals surface area contributed by atoms with Gasteiger partial charge in [0, 0.05) is 42.9 Å². The largest absolute Gasteiger partial charge is 0.368 e. The Labute approximate surface area is 182 Å². The number of benzene rings is 2. The number of imide groups is 1. The number of piperazine rings is 1. The molecule has 4 rings (SSSR count). The van der Waals surface area contributed by atoms with Gasteiger partial charge >= 0.3 is 0 Å². The molecule has 30 heavy (non-hydrogen) atoms. The molecule has 1 saturated heterocycles. The molecule has 0 unspecified atom stereocenters. The minimum atomic E-state index is -0.228. The summed E-state index contributed by atoms with van der Waals surface area (Å²) in [7, 11) is 0. The highest BCUT2D eigenvalue weighted by molar-refractivity contribution is 6.36.